The van der Waals surface area contributed by atoms with Gasteiger partial charge in [0.25, 0.3) is 0 Å². The van der Waals surface area contributed by atoms with Crippen LogP contribution in [-0.2, 0) is 4.79 Å². The highest BCUT2D eigenvalue weighted by Gasteiger charge is 2.26. The fourth-order valence-corrected chi connectivity index (χ4v) is 4.04. The number of pyridine rings is 1. The van der Waals surface area contributed by atoms with Gasteiger partial charge in [0.2, 0.25) is 11.5 Å². The van der Waals surface area contributed by atoms with E-state index in [0.29, 0.717) is 25.5 Å². The zero-order chi connectivity index (χ0) is 19.2. The molecule has 146 valence electrons. The third kappa shape index (κ3) is 5.12. The third-order valence-electron chi connectivity index (χ3n) is 5.31. The van der Waals surface area contributed by atoms with Gasteiger partial charge in [-0.2, -0.15) is 0 Å². The van der Waals surface area contributed by atoms with Crippen molar-refractivity contribution in [2.45, 2.75) is 70.9 Å². The van der Waals surface area contributed by atoms with E-state index >= 15 is 0 Å². The Balaban J connectivity index is 1.50. The van der Waals surface area contributed by atoms with E-state index in [2.05, 4.69) is 23.7 Å². The fourth-order valence-electron chi connectivity index (χ4n) is 4.04. The number of ether oxygens (including phenoxy) is 1. The van der Waals surface area contributed by atoms with E-state index in [4.69, 9.17) is 4.74 Å². The number of carbonyl (C=O) groups excluding carboxylic acids is 1. The SMILES string of the molecule is CC(C)N(C(=O)CCCOc1ccc2[nH]c(=O)ccc2c1)C1CCCCC1. The van der Waals surface area contributed by atoms with Crippen LogP contribution in [0.5, 0.6) is 5.75 Å². The van der Waals surface area contributed by atoms with Gasteiger partial charge in [-0.15, -0.1) is 0 Å². The van der Waals surface area contributed by atoms with Crippen LogP contribution < -0.4 is 10.3 Å². The van der Waals surface area contributed by atoms with Crippen LogP contribution in [0, 0.1) is 0 Å². The van der Waals surface area contributed by atoms with Gasteiger partial charge in [-0.1, -0.05) is 19.3 Å². The molecule has 0 atom stereocenters. The number of aromatic nitrogens is 1. The molecule has 1 aliphatic rings. The average molecular weight is 370 g/mol. The van der Waals surface area contributed by atoms with Crippen LogP contribution in [0.2, 0.25) is 0 Å². The van der Waals surface area contributed by atoms with Gasteiger partial charge in [-0.3, -0.25) is 9.59 Å². The largest absolute Gasteiger partial charge is 0.494 e. The lowest BCUT2D eigenvalue weighted by Gasteiger charge is -2.37. The molecule has 1 saturated carbocycles. The van der Waals surface area contributed by atoms with Crippen molar-refractivity contribution in [1.29, 1.82) is 0 Å². The van der Waals surface area contributed by atoms with Crippen molar-refractivity contribution in [2.75, 3.05) is 6.61 Å². The molecule has 2 aromatic rings. The molecule has 1 heterocycles. The van der Waals surface area contributed by atoms with Crippen LogP contribution in [-0.4, -0.2) is 34.5 Å². The molecule has 0 spiro atoms. The number of aromatic amines is 1. The van der Waals surface area contributed by atoms with Crippen LogP contribution in [0.4, 0.5) is 0 Å². The van der Waals surface area contributed by atoms with Gasteiger partial charge >= 0.3 is 0 Å². The summed E-state index contributed by atoms with van der Waals surface area (Å²) in [5.74, 6) is 1.01. The molecular formula is C22H30N2O3. The summed E-state index contributed by atoms with van der Waals surface area (Å²) in [6.07, 6.45) is 7.27. The predicted octanol–water partition coefficient (Wildman–Crippen LogP) is 4.26. The van der Waals surface area contributed by atoms with Crippen molar-refractivity contribution in [1.82, 2.24) is 9.88 Å². The third-order valence-corrected chi connectivity index (χ3v) is 5.31. The zero-order valence-electron chi connectivity index (χ0n) is 16.4. The second-order valence-corrected chi connectivity index (χ2v) is 7.71. The molecule has 3 rings (SSSR count). The number of nitrogens with zero attached hydrogens (tertiary/aromatic N) is 1. The molecule has 5 heteroatoms. The van der Waals surface area contributed by atoms with Gasteiger partial charge < -0.3 is 14.6 Å². The Kier molecular flexibility index (Phi) is 6.54. The molecule has 1 amide bonds. The van der Waals surface area contributed by atoms with E-state index in [9.17, 15) is 9.59 Å². The number of carbonyl (C=O) groups is 1. The topological polar surface area (TPSA) is 62.4 Å². The highest BCUT2D eigenvalue weighted by atomic mass is 16.5. The summed E-state index contributed by atoms with van der Waals surface area (Å²) in [4.78, 5) is 29.0. The highest BCUT2D eigenvalue weighted by Crippen LogP contribution is 2.25. The number of fused-ring (bicyclic) bond motifs is 1. The summed E-state index contributed by atoms with van der Waals surface area (Å²) in [6.45, 7) is 4.74. The molecule has 5 nitrogen and oxygen atoms in total. The van der Waals surface area contributed by atoms with E-state index < -0.39 is 0 Å². The minimum absolute atomic E-state index is 0.109. The van der Waals surface area contributed by atoms with Crippen molar-refractivity contribution in [3.8, 4) is 5.75 Å². The van der Waals surface area contributed by atoms with Gasteiger partial charge in [-0.25, -0.2) is 0 Å². The Bertz CT molecular complexity index is 822. The van der Waals surface area contributed by atoms with Crippen molar-refractivity contribution < 1.29 is 9.53 Å². The van der Waals surface area contributed by atoms with Gasteiger partial charge in [-0.05, 0) is 57.4 Å². The van der Waals surface area contributed by atoms with Crippen LogP contribution in [0.1, 0.15) is 58.8 Å². The molecule has 1 N–H and O–H groups in total. The number of nitrogens with one attached hydrogen (secondary N) is 1. The summed E-state index contributed by atoms with van der Waals surface area (Å²) in [6, 6.07) is 9.57. The van der Waals surface area contributed by atoms with Crippen LogP contribution >= 0.6 is 0 Å². The first-order chi connectivity index (χ1) is 13.0. The van der Waals surface area contributed by atoms with E-state index in [1.54, 1.807) is 6.07 Å². The summed E-state index contributed by atoms with van der Waals surface area (Å²) in [7, 11) is 0. The number of amides is 1. The van der Waals surface area contributed by atoms with Crippen molar-refractivity contribution in [2.24, 2.45) is 0 Å². The second-order valence-electron chi connectivity index (χ2n) is 7.71. The molecular weight excluding hydrogens is 340 g/mol. The zero-order valence-corrected chi connectivity index (χ0v) is 16.4. The number of rotatable bonds is 7. The summed E-state index contributed by atoms with van der Waals surface area (Å²) >= 11 is 0. The number of benzene rings is 1. The average Bonchev–Trinajstić information content (AvgIpc) is 2.66. The molecule has 0 unspecified atom stereocenters. The Morgan fingerprint density at radius 1 is 1.19 bits per heavy atom. The predicted molar refractivity (Wildman–Crippen MR) is 108 cm³/mol. The first-order valence-electron chi connectivity index (χ1n) is 10.1. The molecule has 0 bridgehead atoms. The summed E-state index contributed by atoms with van der Waals surface area (Å²) in [5.41, 5.74) is 0.687. The Morgan fingerprint density at radius 3 is 2.70 bits per heavy atom. The lowest BCUT2D eigenvalue weighted by atomic mass is 9.93. The normalized spacial score (nSPS) is 15.2. The highest BCUT2D eigenvalue weighted by molar-refractivity contribution is 5.79. The minimum Gasteiger partial charge on any atom is -0.494 e. The molecule has 1 aromatic heterocycles. The first kappa shape index (κ1) is 19.5. The Labute approximate surface area is 160 Å². The molecule has 0 radical (unpaired) electrons. The smallest absolute Gasteiger partial charge is 0.248 e. The lowest BCUT2D eigenvalue weighted by Crippen LogP contribution is -2.45. The van der Waals surface area contributed by atoms with Crippen molar-refractivity contribution in [3.05, 3.63) is 40.7 Å². The fraction of sp³-hybridized carbons (Fsp3) is 0.545. The van der Waals surface area contributed by atoms with E-state index in [0.717, 1.165) is 29.5 Å². The lowest BCUT2D eigenvalue weighted by molar-refractivity contribution is -0.136. The first-order valence-corrected chi connectivity index (χ1v) is 10.1. The van der Waals surface area contributed by atoms with E-state index in [1.807, 2.05) is 18.2 Å². The molecule has 1 fully saturated rings. The molecule has 27 heavy (non-hydrogen) atoms. The maximum absolute atomic E-state index is 12.7. The molecule has 0 saturated heterocycles. The second kappa shape index (κ2) is 9.07. The summed E-state index contributed by atoms with van der Waals surface area (Å²) < 4.78 is 5.82. The van der Waals surface area contributed by atoms with Crippen LogP contribution in [0.25, 0.3) is 10.9 Å². The van der Waals surface area contributed by atoms with E-state index in [1.165, 1.54) is 25.3 Å². The molecule has 1 aliphatic carbocycles. The van der Waals surface area contributed by atoms with Gasteiger partial charge in [0.15, 0.2) is 0 Å². The van der Waals surface area contributed by atoms with Gasteiger partial charge in [0, 0.05) is 35.5 Å². The van der Waals surface area contributed by atoms with Crippen LogP contribution in [0.3, 0.4) is 0 Å². The number of hydrogen-bond donors (Lipinski definition) is 1. The monoisotopic (exact) mass is 370 g/mol. The maximum Gasteiger partial charge on any atom is 0.248 e. The van der Waals surface area contributed by atoms with Crippen LogP contribution in [0.15, 0.2) is 35.1 Å². The van der Waals surface area contributed by atoms with Gasteiger partial charge in [0.1, 0.15) is 5.75 Å². The standard InChI is InChI=1S/C22H30N2O3/c1-16(2)24(18-7-4-3-5-8-18)22(26)9-6-14-27-19-11-12-20-17(15-19)10-13-21(25)23-20/h10-13,15-16,18H,3-9,14H2,1-2H3,(H,23,25). The number of H-pyrrole nitrogens is 1. The minimum atomic E-state index is -0.109. The maximum atomic E-state index is 12.7. The number of hydrogen-bond acceptors (Lipinski definition) is 3. The Hall–Kier alpha value is -2.30. The van der Waals surface area contributed by atoms with E-state index in [-0.39, 0.29) is 17.5 Å². The van der Waals surface area contributed by atoms with Gasteiger partial charge in [0.05, 0.1) is 6.61 Å². The quantitative estimate of drug-likeness (QED) is 0.741. The Morgan fingerprint density at radius 2 is 1.96 bits per heavy atom. The van der Waals surface area contributed by atoms with Crippen molar-refractivity contribution >= 4 is 16.8 Å². The summed E-state index contributed by atoms with van der Waals surface area (Å²) in [5, 5.41) is 0.937. The molecule has 0 aliphatic heterocycles. The van der Waals surface area contributed by atoms with Crippen molar-refractivity contribution in [3.63, 3.8) is 0 Å². The molecule has 1 aromatic carbocycles.